The van der Waals surface area contributed by atoms with E-state index in [-0.39, 0.29) is 12.3 Å². The molecule has 0 aliphatic heterocycles. The monoisotopic (exact) mass is 274 g/mol. The van der Waals surface area contributed by atoms with E-state index in [9.17, 15) is 4.79 Å². The summed E-state index contributed by atoms with van der Waals surface area (Å²) >= 11 is 0. The number of anilines is 2. The Kier molecular flexibility index (Phi) is 4.24. The zero-order chi connectivity index (χ0) is 14.5. The van der Waals surface area contributed by atoms with E-state index in [2.05, 4.69) is 10.4 Å². The van der Waals surface area contributed by atoms with Crippen LogP contribution >= 0.6 is 0 Å². The molecule has 2 rings (SSSR count). The minimum absolute atomic E-state index is 0.108. The number of nitrogens with zero attached hydrogens (tertiary/aromatic N) is 2. The van der Waals surface area contributed by atoms with Gasteiger partial charge in [-0.25, -0.2) is 0 Å². The number of aromatic nitrogens is 2. The van der Waals surface area contributed by atoms with Crippen LogP contribution in [-0.2, 0) is 11.8 Å². The number of nitrogen functional groups attached to an aromatic ring is 1. The van der Waals surface area contributed by atoms with Crippen molar-refractivity contribution < 1.29 is 9.53 Å². The molecule has 1 aromatic carbocycles. The smallest absolute Gasteiger partial charge is 0.228 e. The van der Waals surface area contributed by atoms with Gasteiger partial charge in [0.25, 0.3) is 0 Å². The molecular weight excluding hydrogens is 256 g/mol. The highest BCUT2D eigenvalue weighted by atomic mass is 16.5. The van der Waals surface area contributed by atoms with Crippen LogP contribution in [-0.4, -0.2) is 22.3 Å². The molecule has 3 N–H and O–H groups in total. The van der Waals surface area contributed by atoms with E-state index in [1.165, 1.54) is 0 Å². The van der Waals surface area contributed by atoms with Gasteiger partial charge in [0, 0.05) is 18.8 Å². The molecule has 2 aromatic rings. The van der Waals surface area contributed by atoms with Crippen LogP contribution in [0, 0.1) is 6.92 Å². The second-order valence-corrected chi connectivity index (χ2v) is 4.51. The van der Waals surface area contributed by atoms with Gasteiger partial charge < -0.3 is 15.8 Å². The molecule has 0 bridgehead atoms. The predicted octanol–water partition coefficient (Wildman–Crippen LogP) is 1.72. The zero-order valence-electron chi connectivity index (χ0n) is 11.6. The summed E-state index contributed by atoms with van der Waals surface area (Å²) in [6.07, 6.45) is 0.272. The Labute approximate surface area is 117 Å². The summed E-state index contributed by atoms with van der Waals surface area (Å²) in [5.74, 6) is 1.27. The number of nitrogens with two attached hydrogens (primary N) is 1. The Balaban J connectivity index is 1.78. The van der Waals surface area contributed by atoms with Crippen molar-refractivity contribution in [3.8, 4) is 5.75 Å². The highest BCUT2D eigenvalue weighted by Crippen LogP contribution is 2.13. The first-order valence-corrected chi connectivity index (χ1v) is 6.33. The first kappa shape index (κ1) is 13.9. The second kappa shape index (κ2) is 6.10. The van der Waals surface area contributed by atoms with Crippen molar-refractivity contribution in [3.05, 3.63) is 36.0 Å². The van der Waals surface area contributed by atoms with E-state index >= 15 is 0 Å². The molecule has 0 atom stereocenters. The molecule has 1 amide bonds. The summed E-state index contributed by atoms with van der Waals surface area (Å²) in [7, 11) is 1.79. The first-order valence-electron chi connectivity index (χ1n) is 6.33. The summed E-state index contributed by atoms with van der Waals surface area (Å²) in [5.41, 5.74) is 7.12. The number of hydrogen-bond acceptors (Lipinski definition) is 4. The Bertz CT molecular complexity index is 590. The lowest BCUT2D eigenvalue weighted by atomic mass is 10.3. The van der Waals surface area contributed by atoms with E-state index in [4.69, 9.17) is 10.5 Å². The molecule has 0 spiro atoms. The van der Waals surface area contributed by atoms with Crippen molar-refractivity contribution >= 4 is 17.4 Å². The van der Waals surface area contributed by atoms with E-state index in [0.717, 1.165) is 5.69 Å². The average molecular weight is 274 g/mol. The summed E-state index contributed by atoms with van der Waals surface area (Å²) < 4.78 is 7.10. The molecule has 0 aliphatic rings. The third kappa shape index (κ3) is 3.74. The van der Waals surface area contributed by atoms with Gasteiger partial charge in [-0.3, -0.25) is 9.48 Å². The quantitative estimate of drug-likeness (QED) is 0.813. The molecule has 1 aromatic heterocycles. The van der Waals surface area contributed by atoms with E-state index < -0.39 is 0 Å². The Morgan fingerprint density at radius 2 is 2.10 bits per heavy atom. The topological polar surface area (TPSA) is 82.2 Å². The standard InChI is InChI=1S/C14H18N4O2/c1-10-9-13(18(2)17-10)16-14(19)7-8-20-12-5-3-11(15)4-6-12/h3-6,9H,7-8,15H2,1-2H3,(H,16,19). The lowest BCUT2D eigenvalue weighted by Gasteiger charge is -2.07. The molecule has 6 heteroatoms. The Morgan fingerprint density at radius 1 is 1.40 bits per heavy atom. The van der Waals surface area contributed by atoms with E-state index in [0.29, 0.717) is 23.9 Å². The van der Waals surface area contributed by atoms with Crippen LogP contribution < -0.4 is 15.8 Å². The van der Waals surface area contributed by atoms with Gasteiger partial charge in [0.1, 0.15) is 11.6 Å². The fourth-order valence-corrected chi connectivity index (χ4v) is 1.76. The second-order valence-electron chi connectivity index (χ2n) is 4.51. The predicted molar refractivity (Wildman–Crippen MR) is 77.5 cm³/mol. The van der Waals surface area contributed by atoms with Crippen LogP contribution in [0.15, 0.2) is 30.3 Å². The molecule has 0 saturated carbocycles. The van der Waals surface area contributed by atoms with Gasteiger partial charge >= 0.3 is 0 Å². The number of ether oxygens (including phenoxy) is 1. The van der Waals surface area contributed by atoms with Gasteiger partial charge in [-0.1, -0.05) is 0 Å². The largest absolute Gasteiger partial charge is 0.493 e. The van der Waals surface area contributed by atoms with Gasteiger partial charge in [0.15, 0.2) is 0 Å². The number of carbonyl (C=O) groups excluding carboxylic acids is 1. The number of carbonyl (C=O) groups is 1. The van der Waals surface area contributed by atoms with Crippen LogP contribution in [0.25, 0.3) is 0 Å². The first-order chi connectivity index (χ1) is 9.54. The fourth-order valence-electron chi connectivity index (χ4n) is 1.76. The fraction of sp³-hybridized carbons (Fsp3) is 0.286. The number of benzene rings is 1. The molecule has 0 saturated heterocycles. The van der Waals surface area contributed by atoms with Crippen LogP contribution in [0.2, 0.25) is 0 Å². The van der Waals surface area contributed by atoms with Gasteiger partial charge in [-0.05, 0) is 31.2 Å². The van der Waals surface area contributed by atoms with Gasteiger partial charge in [0.2, 0.25) is 5.91 Å². The molecule has 6 nitrogen and oxygen atoms in total. The van der Waals surface area contributed by atoms with Crippen molar-refractivity contribution in [3.63, 3.8) is 0 Å². The summed E-state index contributed by atoms with van der Waals surface area (Å²) in [4.78, 5) is 11.8. The van der Waals surface area contributed by atoms with Crippen molar-refractivity contribution in [2.75, 3.05) is 17.7 Å². The normalized spacial score (nSPS) is 10.3. The Morgan fingerprint density at radius 3 is 2.70 bits per heavy atom. The summed E-state index contributed by atoms with van der Waals surface area (Å²) in [6, 6.07) is 8.88. The van der Waals surface area contributed by atoms with Crippen LogP contribution in [0.5, 0.6) is 5.75 Å². The minimum atomic E-state index is -0.108. The maximum atomic E-state index is 11.8. The van der Waals surface area contributed by atoms with E-state index in [1.54, 1.807) is 36.0 Å². The van der Waals surface area contributed by atoms with Crippen molar-refractivity contribution in [1.82, 2.24) is 9.78 Å². The number of aryl methyl sites for hydroxylation is 2. The number of nitrogens with one attached hydrogen (secondary N) is 1. The van der Waals surface area contributed by atoms with E-state index in [1.807, 2.05) is 13.0 Å². The molecule has 0 radical (unpaired) electrons. The van der Waals surface area contributed by atoms with Crippen molar-refractivity contribution in [1.29, 1.82) is 0 Å². The minimum Gasteiger partial charge on any atom is -0.493 e. The highest BCUT2D eigenvalue weighted by molar-refractivity contribution is 5.89. The lowest BCUT2D eigenvalue weighted by molar-refractivity contribution is -0.116. The third-order valence-electron chi connectivity index (χ3n) is 2.75. The number of amides is 1. The number of hydrogen-bond donors (Lipinski definition) is 2. The maximum Gasteiger partial charge on any atom is 0.228 e. The summed E-state index contributed by atoms with van der Waals surface area (Å²) in [5, 5.41) is 6.95. The average Bonchev–Trinajstić information content (AvgIpc) is 2.70. The zero-order valence-corrected chi connectivity index (χ0v) is 11.6. The molecule has 0 unspecified atom stereocenters. The van der Waals surface area contributed by atoms with Crippen LogP contribution in [0.4, 0.5) is 11.5 Å². The SMILES string of the molecule is Cc1cc(NC(=O)CCOc2ccc(N)cc2)n(C)n1. The van der Waals surface area contributed by atoms with Gasteiger partial charge in [-0.2, -0.15) is 5.10 Å². The molecule has 20 heavy (non-hydrogen) atoms. The van der Waals surface area contributed by atoms with Crippen molar-refractivity contribution in [2.24, 2.45) is 7.05 Å². The molecule has 0 aliphatic carbocycles. The lowest BCUT2D eigenvalue weighted by Crippen LogP contribution is -2.17. The molecular formula is C14H18N4O2. The van der Waals surface area contributed by atoms with Gasteiger partial charge in [0.05, 0.1) is 18.7 Å². The third-order valence-corrected chi connectivity index (χ3v) is 2.75. The molecule has 1 heterocycles. The maximum absolute atomic E-state index is 11.8. The van der Waals surface area contributed by atoms with Crippen LogP contribution in [0.1, 0.15) is 12.1 Å². The Hall–Kier alpha value is -2.50. The summed E-state index contributed by atoms with van der Waals surface area (Å²) in [6.45, 7) is 2.19. The van der Waals surface area contributed by atoms with Gasteiger partial charge in [-0.15, -0.1) is 0 Å². The highest BCUT2D eigenvalue weighted by Gasteiger charge is 2.07. The van der Waals surface area contributed by atoms with Crippen molar-refractivity contribution in [2.45, 2.75) is 13.3 Å². The number of rotatable bonds is 5. The molecule has 106 valence electrons. The molecule has 0 fully saturated rings. The van der Waals surface area contributed by atoms with Crippen LogP contribution in [0.3, 0.4) is 0 Å².